The van der Waals surface area contributed by atoms with E-state index < -0.39 is 17.0 Å². The zero-order valence-electron chi connectivity index (χ0n) is 19.5. The molecule has 0 bridgehead atoms. The molecule has 0 heterocycles. The summed E-state index contributed by atoms with van der Waals surface area (Å²) in [7, 11) is 9.78. The molecule has 0 N–H and O–H groups in total. The van der Waals surface area contributed by atoms with Gasteiger partial charge in [-0.2, -0.15) is 0 Å². The van der Waals surface area contributed by atoms with Crippen LogP contribution < -0.4 is 0 Å². The number of carbonyl (C=O) groups is 1. The second-order valence-electron chi connectivity index (χ2n) is 8.41. The van der Waals surface area contributed by atoms with Crippen LogP contribution in [0.5, 0.6) is 0 Å². The number of fused-ring (bicyclic) bond motifs is 2. The van der Waals surface area contributed by atoms with Gasteiger partial charge in [0.05, 0.1) is 5.91 Å². The summed E-state index contributed by atoms with van der Waals surface area (Å²) in [5.41, 5.74) is 7.47. The monoisotopic (exact) mass is 534 g/mol. The van der Waals surface area contributed by atoms with Gasteiger partial charge in [-0.3, -0.25) is 0 Å². The Bertz CT molecular complexity index is 1340. The molecule has 0 fully saturated rings. The van der Waals surface area contributed by atoms with Gasteiger partial charge in [-0.25, -0.2) is 0 Å². The van der Waals surface area contributed by atoms with E-state index in [1.54, 1.807) is 0 Å². The summed E-state index contributed by atoms with van der Waals surface area (Å²) in [4.78, 5) is 12.3. The topological polar surface area (TPSA) is 31.2 Å². The average molecular weight is 535 g/mol. The molecule has 1 aliphatic carbocycles. The van der Waals surface area contributed by atoms with Gasteiger partial charge >= 0.3 is 35.6 Å². The number of allylic oxidation sites excluding steroid dienone is 1. The van der Waals surface area contributed by atoms with Crippen LogP contribution in [0.25, 0.3) is 27.7 Å². The van der Waals surface area contributed by atoms with Gasteiger partial charge in [0.2, 0.25) is 0 Å². The average Bonchev–Trinajstić information content (AvgIpc) is 3.28. The van der Waals surface area contributed by atoms with Crippen LogP contribution in [0.1, 0.15) is 53.5 Å². The fourth-order valence-electron chi connectivity index (χ4n) is 4.80. The molecule has 0 saturated heterocycles. The van der Waals surface area contributed by atoms with Gasteiger partial charge in [-0.05, 0) is 51.1 Å². The molecule has 0 radical (unpaired) electrons. The molecule has 1 amide bonds. The molecule has 176 valence electrons. The number of hydrogen-bond donors (Lipinski definition) is 0. The van der Waals surface area contributed by atoms with Crippen molar-refractivity contribution in [2.75, 3.05) is 0 Å². The number of carbonyl (C=O) groups excluding carboxylic acids is 1. The summed E-state index contributed by atoms with van der Waals surface area (Å²) in [6.45, 7) is 2.43. The van der Waals surface area contributed by atoms with E-state index in [-0.39, 0.29) is 11.8 Å². The van der Waals surface area contributed by atoms with Gasteiger partial charge in [0.15, 0.2) is 0 Å². The van der Waals surface area contributed by atoms with Crippen LogP contribution in [0.3, 0.4) is 0 Å². The molecule has 4 aromatic carbocycles. The maximum atomic E-state index is 12.3. The Balaban J connectivity index is 0.000000917. The van der Waals surface area contributed by atoms with E-state index in [0.717, 1.165) is 12.0 Å². The minimum atomic E-state index is -0.556. The fourth-order valence-corrected chi connectivity index (χ4v) is 4.80. The van der Waals surface area contributed by atoms with Crippen molar-refractivity contribution in [3.05, 3.63) is 124 Å². The number of hydrogen-bond acceptors (Lipinski definition) is 1. The van der Waals surface area contributed by atoms with Crippen molar-refractivity contribution in [1.29, 1.82) is 0 Å². The number of amides is 1. The van der Waals surface area contributed by atoms with Gasteiger partial charge in [-0.15, -0.1) is 6.54 Å². The van der Waals surface area contributed by atoms with Gasteiger partial charge in [0.25, 0.3) is 0 Å². The van der Waals surface area contributed by atoms with Gasteiger partial charge in [0.1, 0.15) is 0 Å². The first-order chi connectivity index (χ1) is 17.2. The molecule has 35 heavy (non-hydrogen) atoms. The SMILES string of the molecule is CCCC(=O)[N-]Cc1c(C2C(c3ccccc3)=Cc3ccccc32)ccc2ccccc12.[Cl][Ti][Cl]. The second kappa shape index (κ2) is 12.6. The van der Waals surface area contributed by atoms with Crippen LogP contribution in [0.15, 0.2) is 91.0 Å². The number of rotatable bonds is 6. The van der Waals surface area contributed by atoms with Gasteiger partial charge < -0.3 is 10.1 Å². The fraction of sp³-hybridized carbons (Fsp3) is 0.167. The predicted octanol–water partition coefficient (Wildman–Crippen LogP) is 9.10. The second-order valence-corrected chi connectivity index (χ2v) is 11.0. The Kier molecular flexibility index (Phi) is 9.23. The number of halogens is 2. The standard InChI is InChI=1S/C30H27NO.2ClH.Ti/c1-2-10-29(32)31-20-28-24-15-8-6-13-22(24)17-18-26(28)30-25-16-9-7-14-23(25)19-27(30)21-11-4-3-5-12-21;;;/h3-9,11-19,30H,2,10,20H2,1H3,(H,31,32);2*1H;/q;;;+2/p-3. The van der Waals surface area contributed by atoms with Crippen LogP contribution in [0, 0.1) is 0 Å². The van der Waals surface area contributed by atoms with E-state index in [1.807, 2.05) is 6.92 Å². The summed E-state index contributed by atoms with van der Waals surface area (Å²) in [5.74, 6) is 0.0988. The van der Waals surface area contributed by atoms with E-state index in [2.05, 4.69) is 102 Å². The molecule has 1 unspecified atom stereocenters. The molecule has 5 rings (SSSR count). The third-order valence-corrected chi connectivity index (χ3v) is 6.30. The summed E-state index contributed by atoms with van der Waals surface area (Å²) in [6.07, 6.45) is 3.64. The zero-order chi connectivity index (χ0) is 24.6. The summed E-state index contributed by atoms with van der Waals surface area (Å²) in [6, 6.07) is 32.1. The molecular formula is C30H26Cl2NOTi-. The predicted molar refractivity (Wildman–Crippen MR) is 145 cm³/mol. The Morgan fingerprint density at radius 2 is 1.54 bits per heavy atom. The van der Waals surface area contributed by atoms with Crippen molar-refractivity contribution < 1.29 is 21.8 Å². The summed E-state index contributed by atoms with van der Waals surface area (Å²) in [5, 5.41) is 6.82. The van der Waals surface area contributed by atoms with Crippen LogP contribution in [0.2, 0.25) is 0 Å². The zero-order valence-corrected chi connectivity index (χ0v) is 22.6. The van der Waals surface area contributed by atoms with Crippen molar-refractivity contribution in [2.24, 2.45) is 0 Å². The molecule has 4 aromatic rings. The van der Waals surface area contributed by atoms with E-state index in [0.29, 0.717) is 13.0 Å². The molecule has 0 aliphatic heterocycles. The molecule has 1 aliphatic rings. The Morgan fingerprint density at radius 3 is 2.31 bits per heavy atom. The van der Waals surface area contributed by atoms with E-state index in [1.165, 1.54) is 38.6 Å². The van der Waals surface area contributed by atoms with Crippen LogP contribution in [-0.2, 0) is 28.4 Å². The Labute approximate surface area is 224 Å². The third-order valence-electron chi connectivity index (χ3n) is 6.30. The molecule has 0 aromatic heterocycles. The molecule has 1 atom stereocenters. The van der Waals surface area contributed by atoms with Crippen molar-refractivity contribution >= 4 is 46.9 Å². The summed E-state index contributed by atoms with van der Waals surface area (Å²) >= 11 is -0.556. The first-order valence-corrected chi connectivity index (χ1v) is 16.0. The number of benzene rings is 4. The molecule has 0 saturated carbocycles. The van der Waals surface area contributed by atoms with Crippen molar-refractivity contribution in [2.45, 2.75) is 32.2 Å². The van der Waals surface area contributed by atoms with Crippen LogP contribution >= 0.6 is 18.6 Å². The summed E-state index contributed by atoms with van der Waals surface area (Å²) < 4.78 is 0. The van der Waals surface area contributed by atoms with Crippen LogP contribution in [0.4, 0.5) is 0 Å². The van der Waals surface area contributed by atoms with E-state index >= 15 is 0 Å². The van der Waals surface area contributed by atoms with Gasteiger partial charge in [0, 0.05) is 5.92 Å². The molecular weight excluding hydrogens is 509 g/mol. The van der Waals surface area contributed by atoms with E-state index in [9.17, 15) is 4.79 Å². The van der Waals surface area contributed by atoms with Gasteiger partial charge in [-0.1, -0.05) is 110 Å². The Hall–Kier alpha value is -2.36. The third kappa shape index (κ3) is 5.90. The van der Waals surface area contributed by atoms with Crippen molar-refractivity contribution in [3.63, 3.8) is 0 Å². The first-order valence-electron chi connectivity index (χ1n) is 11.7. The van der Waals surface area contributed by atoms with Crippen molar-refractivity contribution in [1.82, 2.24) is 0 Å². The number of nitrogens with zero attached hydrogens (tertiary/aromatic N) is 1. The normalized spacial score (nSPS) is 13.9. The van der Waals surface area contributed by atoms with Crippen molar-refractivity contribution in [3.8, 4) is 0 Å². The molecule has 5 heteroatoms. The minimum absolute atomic E-state index is 0.0166. The van der Waals surface area contributed by atoms with E-state index in [4.69, 9.17) is 18.6 Å². The quantitative estimate of drug-likeness (QED) is 0.227. The Morgan fingerprint density at radius 1 is 0.857 bits per heavy atom. The maximum absolute atomic E-state index is 12.3. The molecule has 2 nitrogen and oxygen atoms in total. The van der Waals surface area contributed by atoms with Crippen LogP contribution in [-0.4, -0.2) is 5.91 Å². The molecule has 0 spiro atoms. The first kappa shape index (κ1) is 25.7.